The van der Waals surface area contributed by atoms with E-state index in [1.807, 2.05) is 60.7 Å². The molecule has 37 heavy (non-hydrogen) atoms. The molecule has 2 heterocycles. The fraction of sp³-hybridized carbons (Fsp3) is 0.308. The second kappa shape index (κ2) is 11.9. The van der Waals surface area contributed by atoms with Crippen LogP contribution in [-0.4, -0.2) is 83.5 Å². The van der Waals surface area contributed by atoms with Crippen LogP contribution < -0.4 is 5.32 Å². The van der Waals surface area contributed by atoms with Gasteiger partial charge in [0.1, 0.15) is 18.0 Å². The summed E-state index contributed by atoms with van der Waals surface area (Å²) in [7, 11) is 1.48. The Labute approximate surface area is 218 Å². The molecule has 2 aromatic rings. The molecule has 0 aliphatic carbocycles. The molecule has 3 amide bonds. The number of carbonyl (C=O) groups is 4. The molecule has 1 saturated heterocycles. The summed E-state index contributed by atoms with van der Waals surface area (Å²) in [5.41, 5.74) is 1.87. The number of benzene rings is 2. The number of fused-ring (bicyclic) bond motifs is 1. The molecule has 2 N–H and O–H groups in total. The van der Waals surface area contributed by atoms with Gasteiger partial charge in [0.2, 0.25) is 12.3 Å². The summed E-state index contributed by atoms with van der Waals surface area (Å²) in [5.74, 6) is -1.12. The first-order valence-electron chi connectivity index (χ1n) is 11.6. The number of likely N-dealkylation sites (N-methyl/N-ethyl adjacent to an activating group) is 1. The van der Waals surface area contributed by atoms with Gasteiger partial charge in [-0.2, -0.15) is 0 Å². The Balaban J connectivity index is 1.60. The van der Waals surface area contributed by atoms with Gasteiger partial charge >= 0.3 is 12.1 Å². The van der Waals surface area contributed by atoms with Gasteiger partial charge in [-0.25, -0.2) is 9.59 Å². The third-order valence-corrected chi connectivity index (χ3v) is 7.30. The highest BCUT2D eigenvalue weighted by atomic mass is 32.2. The number of hydrogen-bond acceptors (Lipinski definition) is 8. The van der Waals surface area contributed by atoms with Crippen molar-refractivity contribution in [3.63, 3.8) is 0 Å². The van der Waals surface area contributed by atoms with Crippen LogP contribution in [0.25, 0.3) is 0 Å². The average molecular weight is 526 g/mol. The zero-order valence-electron chi connectivity index (χ0n) is 20.1. The maximum absolute atomic E-state index is 13.7. The van der Waals surface area contributed by atoms with Gasteiger partial charge in [-0.15, -0.1) is 11.8 Å². The number of amides is 3. The molecule has 11 heteroatoms. The van der Waals surface area contributed by atoms with E-state index in [4.69, 9.17) is 14.6 Å². The molecule has 0 spiro atoms. The van der Waals surface area contributed by atoms with Crippen molar-refractivity contribution in [1.82, 2.24) is 15.1 Å². The zero-order valence-corrected chi connectivity index (χ0v) is 20.9. The normalized spacial score (nSPS) is 20.3. The number of nitrogens with zero attached hydrogens (tertiary/aromatic N) is 2. The fourth-order valence-corrected chi connectivity index (χ4v) is 5.39. The van der Waals surface area contributed by atoms with Crippen LogP contribution in [0.3, 0.4) is 0 Å². The number of rotatable bonds is 10. The lowest BCUT2D eigenvalue weighted by Gasteiger charge is -2.51. The quantitative estimate of drug-likeness (QED) is 0.273. The summed E-state index contributed by atoms with van der Waals surface area (Å²) >= 11 is 1.24. The second-order valence-electron chi connectivity index (χ2n) is 8.47. The van der Waals surface area contributed by atoms with Gasteiger partial charge in [-0.1, -0.05) is 60.7 Å². The Morgan fingerprint density at radius 1 is 1.14 bits per heavy atom. The maximum atomic E-state index is 13.7. The molecule has 2 aliphatic heterocycles. The number of aliphatic hydroxyl groups is 1. The molecule has 0 bridgehead atoms. The number of esters is 1. The second-order valence-corrected chi connectivity index (χ2v) is 9.46. The Hall–Kier alpha value is -3.83. The van der Waals surface area contributed by atoms with Gasteiger partial charge in [0.05, 0.1) is 6.61 Å². The topological polar surface area (TPSA) is 125 Å². The molecule has 10 nitrogen and oxygen atoms in total. The number of hydrogen-bond donors (Lipinski definition) is 2. The Kier molecular flexibility index (Phi) is 8.47. The van der Waals surface area contributed by atoms with E-state index >= 15 is 0 Å². The van der Waals surface area contributed by atoms with E-state index < -0.39 is 41.5 Å². The van der Waals surface area contributed by atoms with E-state index in [0.29, 0.717) is 12.0 Å². The lowest BCUT2D eigenvalue weighted by molar-refractivity contribution is -0.165. The molecule has 1 fully saturated rings. The van der Waals surface area contributed by atoms with Crippen molar-refractivity contribution in [2.75, 3.05) is 26.8 Å². The van der Waals surface area contributed by atoms with E-state index in [1.165, 1.54) is 28.6 Å². The van der Waals surface area contributed by atoms with Crippen LogP contribution in [0.5, 0.6) is 0 Å². The first-order chi connectivity index (χ1) is 18.0. The largest absolute Gasteiger partial charge is 0.451 e. The van der Waals surface area contributed by atoms with Crippen molar-refractivity contribution in [3.05, 3.63) is 82.8 Å². The molecule has 3 atom stereocenters. The lowest BCUT2D eigenvalue weighted by atomic mass is 9.97. The third-order valence-electron chi connectivity index (χ3n) is 6.09. The third kappa shape index (κ3) is 5.62. The number of carbonyl (C=O) groups excluding carboxylic acids is 4. The van der Waals surface area contributed by atoms with Gasteiger partial charge in [-0.05, 0) is 16.5 Å². The van der Waals surface area contributed by atoms with Crippen LogP contribution in [0.4, 0.5) is 4.79 Å². The van der Waals surface area contributed by atoms with Crippen LogP contribution in [-0.2, 0) is 23.9 Å². The summed E-state index contributed by atoms with van der Waals surface area (Å²) in [6.45, 7) is -0.404. The van der Waals surface area contributed by atoms with Gasteiger partial charge in [-0.3, -0.25) is 9.59 Å². The van der Waals surface area contributed by atoms with Crippen molar-refractivity contribution in [2.24, 2.45) is 0 Å². The highest BCUT2D eigenvalue weighted by molar-refractivity contribution is 8.02. The van der Waals surface area contributed by atoms with E-state index in [-0.39, 0.29) is 19.8 Å². The molecule has 0 aromatic heterocycles. The molecule has 194 valence electrons. The van der Waals surface area contributed by atoms with E-state index in [2.05, 4.69) is 5.32 Å². The first kappa shape index (κ1) is 26.2. The number of thioether (sulfide) groups is 1. The minimum absolute atomic E-state index is 0.0830. The highest BCUT2D eigenvalue weighted by Gasteiger charge is 2.56. The van der Waals surface area contributed by atoms with Crippen molar-refractivity contribution in [3.8, 4) is 0 Å². The maximum Gasteiger partial charge on any atom is 0.409 e. The summed E-state index contributed by atoms with van der Waals surface area (Å²) in [5, 5.41) is 12.7. The Bertz CT molecular complexity index is 1120. The predicted octanol–water partition coefficient (Wildman–Crippen LogP) is 1.66. The number of β-lactam (4-membered cyclic amide) rings is 1. The van der Waals surface area contributed by atoms with Gasteiger partial charge in [0, 0.05) is 19.2 Å². The molecule has 2 aliphatic rings. The van der Waals surface area contributed by atoms with Crippen molar-refractivity contribution in [1.29, 1.82) is 0 Å². The van der Waals surface area contributed by atoms with Crippen molar-refractivity contribution < 1.29 is 33.8 Å². The van der Waals surface area contributed by atoms with Gasteiger partial charge in [0.25, 0.3) is 0 Å². The summed E-state index contributed by atoms with van der Waals surface area (Å²) in [6.07, 6.45) is -0.967. The van der Waals surface area contributed by atoms with Crippen LogP contribution in [0.15, 0.2) is 71.6 Å². The number of aliphatic hydroxyl groups excluding tert-OH is 1. The Morgan fingerprint density at radius 2 is 1.76 bits per heavy atom. The Morgan fingerprint density at radius 3 is 2.32 bits per heavy atom. The zero-order chi connectivity index (χ0) is 26.4. The van der Waals surface area contributed by atoms with Crippen LogP contribution in [0.2, 0.25) is 0 Å². The molecular weight excluding hydrogens is 498 g/mol. The fourth-order valence-electron chi connectivity index (χ4n) is 4.17. The van der Waals surface area contributed by atoms with Crippen molar-refractivity contribution in [2.45, 2.75) is 23.6 Å². The number of nitrogens with one attached hydrogen (secondary N) is 1. The summed E-state index contributed by atoms with van der Waals surface area (Å²) in [4.78, 5) is 52.4. The van der Waals surface area contributed by atoms with Crippen LogP contribution in [0.1, 0.15) is 17.2 Å². The minimum Gasteiger partial charge on any atom is -0.451 e. The molecule has 0 saturated carbocycles. The molecular formula is C26H27N3O7S. The van der Waals surface area contributed by atoms with E-state index in [1.54, 1.807) is 5.41 Å². The molecule has 2 aromatic carbocycles. The standard InChI is InChI=1S/C26H27N3O7S/c1-28(12-13-30)26(34)35-14-19-15-37-24-20(27-16-31)23(32)29(24)21(19)25(33)36-22(17-8-4-2-5-9-17)18-10-6-3-7-11-18/h2-11,15-16,20-22,24,30H,12-14H2,1H3,(H,27,31)/t20?,21?,24-/m1/s1. The van der Waals surface area contributed by atoms with Crippen LogP contribution in [0, 0.1) is 0 Å². The summed E-state index contributed by atoms with van der Waals surface area (Å²) < 4.78 is 11.4. The predicted molar refractivity (Wildman–Crippen MR) is 135 cm³/mol. The smallest absolute Gasteiger partial charge is 0.409 e. The highest BCUT2D eigenvalue weighted by Crippen LogP contribution is 2.41. The molecule has 2 unspecified atom stereocenters. The molecule has 0 radical (unpaired) electrons. The van der Waals surface area contributed by atoms with E-state index in [0.717, 1.165) is 11.1 Å². The SMILES string of the molecule is CN(CCO)C(=O)OCC1=CS[C@@H]2C(NC=O)C(=O)N2C1C(=O)OC(c1ccccc1)c1ccccc1. The molecule has 4 rings (SSSR count). The van der Waals surface area contributed by atoms with E-state index in [9.17, 15) is 19.2 Å². The van der Waals surface area contributed by atoms with Gasteiger partial charge in [0.15, 0.2) is 12.1 Å². The van der Waals surface area contributed by atoms with Crippen molar-refractivity contribution >= 4 is 36.1 Å². The van der Waals surface area contributed by atoms with Crippen LogP contribution >= 0.6 is 11.8 Å². The number of ether oxygens (including phenoxy) is 2. The summed E-state index contributed by atoms with van der Waals surface area (Å²) in [6, 6.07) is 16.6. The minimum atomic E-state index is -1.14. The van der Waals surface area contributed by atoms with Gasteiger partial charge < -0.3 is 29.7 Å². The average Bonchev–Trinajstić information content (AvgIpc) is 2.93. The lowest BCUT2D eigenvalue weighted by Crippen LogP contribution is -2.73. The monoisotopic (exact) mass is 525 g/mol. The first-order valence-corrected chi connectivity index (χ1v) is 12.6.